The topological polar surface area (TPSA) is 45.5 Å². The van der Waals surface area contributed by atoms with E-state index >= 15 is 0 Å². The lowest BCUT2D eigenvalue weighted by Crippen LogP contribution is -2.34. The standard InChI is InChI=1S/C21H19Cl2FN2O3/c22-16-3-6-19(20(23)9-16)21(13-26-8-7-25-14-26)28-12-18(29-21)11-27-10-15-1-4-17(24)5-2-15/h1-9,14,18H,10-13H2. The monoisotopic (exact) mass is 436 g/mol. The second-order valence-corrected chi connectivity index (χ2v) is 7.65. The average Bonchev–Trinajstić information content (AvgIpc) is 3.34. The molecule has 0 N–H and O–H groups in total. The molecule has 2 atom stereocenters. The molecule has 3 aromatic rings. The molecule has 0 saturated carbocycles. The Morgan fingerprint density at radius 1 is 1.21 bits per heavy atom. The van der Waals surface area contributed by atoms with Gasteiger partial charge in [-0.3, -0.25) is 0 Å². The van der Waals surface area contributed by atoms with Crippen LogP contribution in [0.4, 0.5) is 4.39 Å². The van der Waals surface area contributed by atoms with Crippen LogP contribution in [0.1, 0.15) is 11.1 Å². The van der Waals surface area contributed by atoms with E-state index in [4.69, 9.17) is 37.4 Å². The van der Waals surface area contributed by atoms with E-state index in [1.165, 1.54) is 12.1 Å². The van der Waals surface area contributed by atoms with Crippen molar-refractivity contribution in [1.82, 2.24) is 9.55 Å². The summed E-state index contributed by atoms with van der Waals surface area (Å²) < 4.78 is 33.1. The van der Waals surface area contributed by atoms with E-state index < -0.39 is 5.79 Å². The van der Waals surface area contributed by atoms with Crippen molar-refractivity contribution in [1.29, 1.82) is 0 Å². The zero-order valence-corrected chi connectivity index (χ0v) is 16.9. The zero-order valence-electron chi connectivity index (χ0n) is 15.4. The van der Waals surface area contributed by atoms with Crippen molar-refractivity contribution in [3.05, 3.63) is 88.2 Å². The lowest BCUT2D eigenvalue weighted by Gasteiger charge is -2.30. The van der Waals surface area contributed by atoms with E-state index in [0.29, 0.717) is 42.0 Å². The Kier molecular flexibility index (Phi) is 6.18. The number of nitrogens with zero attached hydrogens (tertiary/aromatic N) is 2. The fourth-order valence-corrected chi connectivity index (χ4v) is 3.82. The van der Waals surface area contributed by atoms with E-state index in [1.54, 1.807) is 36.8 Å². The zero-order chi connectivity index (χ0) is 20.3. The second-order valence-electron chi connectivity index (χ2n) is 6.80. The van der Waals surface area contributed by atoms with Crippen LogP contribution in [-0.2, 0) is 33.1 Å². The number of halogens is 3. The molecule has 2 aromatic carbocycles. The van der Waals surface area contributed by atoms with Crippen LogP contribution in [0.2, 0.25) is 10.0 Å². The first-order chi connectivity index (χ1) is 14.0. The summed E-state index contributed by atoms with van der Waals surface area (Å²) in [6.07, 6.45) is 4.92. The Hall–Kier alpha value is -1.96. The molecule has 0 bridgehead atoms. The second kappa shape index (κ2) is 8.81. The van der Waals surface area contributed by atoms with E-state index in [-0.39, 0.29) is 11.9 Å². The molecule has 8 heteroatoms. The lowest BCUT2D eigenvalue weighted by molar-refractivity contribution is -0.191. The maximum atomic E-state index is 13.0. The smallest absolute Gasteiger partial charge is 0.215 e. The number of ether oxygens (including phenoxy) is 3. The molecule has 1 aliphatic heterocycles. The highest BCUT2D eigenvalue weighted by molar-refractivity contribution is 6.35. The Balaban J connectivity index is 1.47. The van der Waals surface area contributed by atoms with Gasteiger partial charge in [0.1, 0.15) is 11.9 Å². The molecule has 0 amide bonds. The third kappa shape index (κ3) is 4.79. The fourth-order valence-electron chi connectivity index (χ4n) is 3.26. The van der Waals surface area contributed by atoms with Gasteiger partial charge >= 0.3 is 0 Å². The molecule has 0 radical (unpaired) electrons. The van der Waals surface area contributed by atoms with Crippen LogP contribution in [0, 0.1) is 5.82 Å². The van der Waals surface area contributed by atoms with Crippen LogP contribution in [0.15, 0.2) is 61.2 Å². The third-order valence-corrected chi connectivity index (χ3v) is 5.18. The van der Waals surface area contributed by atoms with Crippen LogP contribution in [-0.4, -0.2) is 28.9 Å². The number of hydrogen-bond acceptors (Lipinski definition) is 4. The van der Waals surface area contributed by atoms with E-state index in [0.717, 1.165) is 5.56 Å². The van der Waals surface area contributed by atoms with Gasteiger partial charge in [0.2, 0.25) is 5.79 Å². The van der Waals surface area contributed by atoms with E-state index in [2.05, 4.69) is 4.98 Å². The number of aromatic nitrogens is 2. The highest BCUT2D eigenvalue weighted by Gasteiger charge is 2.45. The summed E-state index contributed by atoms with van der Waals surface area (Å²) in [6, 6.07) is 11.4. The maximum Gasteiger partial charge on any atom is 0.215 e. The third-order valence-electron chi connectivity index (χ3n) is 4.64. The Labute approximate surface area is 177 Å². The van der Waals surface area contributed by atoms with Crippen molar-refractivity contribution >= 4 is 23.2 Å². The van der Waals surface area contributed by atoms with Crippen LogP contribution >= 0.6 is 23.2 Å². The van der Waals surface area contributed by atoms with Gasteiger partial charge < -0.3 is 18.8 Å². The van der Waals surface area contributed by atoms with Crippen molar-refractivity contribution < 1.29 is 18.6 Å². The number of benzene rings is 2. The maximum absolute atomic E-state index is 13.0. The molecule has 5 nitrogen and oxygen atoms in total. The van der Waals surface area contributed by atoms with Crippen LogP contribution in [0.25, 0.3) is 0 Å². The minimum atomic E-state index is -1.08. The summed E-state index contributed by atoms with van der Waals surface area (Å²) in [4.78, 5) is 4.08. The predicted octanol–water partition coefficient (Wildman–Crippen LogP) is 4.81. The first-order valence-corrected chi connectivity index (χ1v) is 9.85. The van der Waals surface area contributed by atoms with Crippen LogP contribution < -0.4 is 0 Å². The summed E-state index contributed by atoms with van der Waals surface area (Å²) in [6.45, 7) is 1.41. The quantitative estimate of drug-likeness (QED) is 0.532. The summed E-state index contributed by atoms with van der Waals surface area (Å²) in [5.74, 6) is -1.35. The predicted molar refractivity (Wildman–Crippen MR) is 107 cm³/mol. The van der Waals surface area contributed by atoms with E-state index in [1.807, 2.05) is 16.8 Å². The summed E-state index contributed by atoms with van der Waals surface area (Å²) in [5, 5.41) is 0.999. The molecule has 2 heterocycles. The first kappa shape index (κ1) is 20.3. The molecular formula is C21H19Cl2FN2O3. The Morgan fingerprint density at radius 2 is 2.03 bits per heavy atom. The molecule has 4 rings (SSSR count). The molecule has 1 fully saturated rings. The van der Waals surface area contributed by atoms with Crippen LogP contribution in [0.3, 0.4) is 0 Å². The molecule has 2 unspecified atom stereocenters. The van der Waals surface area contributed by atoms with Crippen molar-refractivity contribution in [3.8, 4) is 0 Å². The van der Waals surface area contributed by atoms with Crippen molar-refractivity contribution in [2.75, 3.05) is 13.2 Å². The van der Waals surface area contributed by atoms with Crippen molar-refractivity contribution in [3.63, 3.8) is 0 Å². The van der Waals surface area contributed by atoms with Gasteiger partial charge in [0.25, 0.3) is 0 Å². The lowest BCUT2D eigenvalue weighted by atomic mass is 10.1. The molecular weight excluding hydrogens is 418 g/mol. The van der Waals surface area contributed by atoms with E-state index in [9.17, 15) is 4.39 Å². The highest BCUT2D eigenvalue weighted by Crippen LogP contribution is 2.40. The highest BCUT2D eigenvalue weighted by atomic mass is 35.5. The average molecular weight is 437 g/mol. The SMILES string of the molecule is Fc1ccc(COCC2COC(Cn3ccnc3)(c3ccc(Cl)cc3Cl)O2)cc1. The van der Waals surface area contributed by atoms with Crippen molar-refractivity contribution in [2.45, 2.75) is 25.0 Å². The number of imidazole rings is 1. The normalized spacial score (nSPS) is 21.6. The molecule has 29 heavy (non-hydrogen) atoms. The summed E-state index contributed by atoms with van der Waals surface area (Å²) >= 11 is 12.5. The minimum Gasteiger partial charge on any atom is -0.374 e. The van der Waals surface area contributed by atoms with Gasteiger partial charge in [-0.1, -0.05) is 41.4 Å². The molecule has 152 valence electrons. The largest absolute Gasteiger partial charge is 0.374 e. The number of rotatable bonds is 7. The molecule has 1 aliphatic rings. The Bertz CT molecular complexity index is 953. The van der Waals surface area contributed by atoms with Gasteiger partial charge in [-0.2, -0.15) is 0 Å². The molecule has 0 aliphatic carbocycles. The van der Waals surface area contributed by atoms with Gasteiger partial charge in [0.05, 0.1) is 37.7 Å². The first-order valence-electron chi connectivity index (χ1n) is 9.09. The molecule has 1 aromatic heterocycles. The summed E-state index contributed by atoms with van der Waals surface area (Å²) in [5.41, 5.74) is 1.58. The molecule has 1 saturated heterocycles. The molecule has 0 spiro atoms. The van der Waals surface area contributed by atoms with Gasteiger partial charge in [0, 0.05) is 23.0 Å². The fraction of sp³-hybridized carbons (Fsp3) is 0.286. The summed E-state index contributed by atoms with van der Waals surface area (Å²) in [7, 11) is 0. The van der Waals surface area contributed by atoms with Gasteiger partial charge in [-0.15, -0.1) is 0 Å². The van der Waals surface area contributed by atoms with Gasteiger partial charge in [-0.05, 0) is 29.8 Å². The van der Waals surface area contributed by atoms with Gasteiger partial charge in [-0.25, -0.2) is 9.37 Å². The Morgan fingerprint density at radius 3 is 2.76 bits per heavy atom. The number of hydrogen-bond donors (Lipinski definition) is 0. The van der Waals surface area contributed by atoms with Gasteiger partial charge in [0.15, 0.2) is 0 Å². The minimum absolute atomic E-state index is 0.273. The van der Waals surface area contributed by atoms with Crippen LogP contribution in [0.5, 0.6) is 0 Å². The van der Waals surface area contributed by atoms with Crippen molar-refractivity contribution in [2.24, 2.45) is 0 Å².